The molecule has 2 atom stereocenters. The van der Waals surface area contributed by atoms with Crippen molar-refractivity contribution in [3.63, 3.8) is 0 Å². The van der Waals surface area contributed by atoms with Crippen LogP contribution in [0.25, 0.3) is 0 Å². The fraction of sp³-hybridized carbons (Fsp3) is 0.643. The summed E-state index contributed by atoms with van der Waals surface area (Å²) in [6, 6.07) is -0.678. The number of carboxylic acids is 1. The highest BCUT2D eigenvalue weighted by Gasteiger charge is 2.37. The molecule has 6 nitrogen and oxygen atoms in total. The van der Waals surface area contributed by atoms with Crippen LogP contribution in [0.1, 0.15) is 42.6 Å². The van der Waals surface area contributed by atoms with Crippen molar-refractivity contribution < 1.29 is 14.7 Å². The molecule has 1 fully saturated rings. The quantitative estimate of drug-likeness (QED) is 0.902. The van der Waals surface area contributed by atoms with Crippen molar-refractivity contribution in [2.75, 3.05) is 6.54 Å². The lowest BCUT2D eigenvalue weighted by Gasteiger charge is -2.25. The normalized spacial score (nSPS) is 20.2. The van der Waals surface area contributed by atoms with Crippen LogP contribution in [0.5, 0.6) is 0 Å². The molecule has 6 heteroatoms. The summed E-state index contributed by atoms with van der Waals surface area (Å²) >= 11 is 0. The first-order chi connectivity index (χ1) is 9.34. The Labute approximate surface area is 118 Å². The summed E-state index contributed by atoms with van der Waals surface area (Å²) < 4.78 is 1.76. The number of carbonyl (C=O) groups is 2. The van der Waals surface area contributed by atoms with Crippen LogP contribution in [0.2, 0.25) is 0 Å². The molecule has 20 heavy (non-hydrogen) atoms. The Morgan fingerprint density at radius 3 is 2.55 bits per heavy atom. The van der Waals surface area contributed by atoms with Crippen LogP contribution in [-0.2, 0) is 16.6 Å². The van der Waals surface area contributed by atoms with Gasteiger partial charge < -0.3 is 10.0 Å². The number of carbonyl (C=O) groups excluding carboxylic acids is 1. The lowest BCUT2D eigenvalue weighted by molar-refractivity contribution is -0.148. The number of likely N-dealkylation sites (tertiary alicyclic amines) is 1. The molecule has 0 aliphatic carbocycles. The summed E-state index contributed by atoms with van der Waals surface area (Å²) in [7, 11) is 1.85. The number of aliphatic carboxylic acids is 1. The van der Waals surface area contributed by atoms with Crippen molar-refractivity contribution in [1.29, 1.82) is 0 Å². The number of aryl methyl sites for hydroxylation is 2. The number of carboxylic acid groups (broad SMARTS) is 1. The van der Waals surface area contributed by atoms with Gasteiger partial charge in [0.1, 0.15) is 6.04 Å². The summed E-state index contributed by atoms with van der Waals surface area (Å²) in [5, 5.41) is 13.5. The largest absolute Gasteiger partial charge is 0.480 e. The first kappa shape index (κ1) is 14.6. The molecule has 0 spiro atoms. The molecule has 2 heterocycles. The monoisotopic (exact) mass is 279 g/mol. The molecular formula is C14H21N3O3. The standard InChI is InChI=1S/C14H21N3O3/c1-8(12-9(2)15-16(4)10(12)3)13(18)17-7-5-6-11(17)14(19)20/h8,11H,5-7H2,1-4H3,(H,19,20). The van der Waals surface area contributed by atoms with Crippen LogP contribution >= 0.6 is 0 Å². The second kappa shape index (κ2) is 5.26. The van der Waals surface area contributed by atoms with Crippen LogP contribution in [-0.4, -0.2) is 44.3 Å². The van der Waals surface area contributed by atoms with E-state index in [0.717, 1.165) is 23.4 Å². The third-order valence-electron chi connectivity index (χ3n) is 4.19. The van der Waals surface area contributed by atoms with Gasteiger partial charge in [-0.15, -0.1) is 0 Å². The van der Waals surface area contributed by atoms with Crippen LogP contribution < -0.4 is 0 Å². The predicted molar refractivity (Wildman–Crippen MR) is 73.5 cm³/mol. The molecule has 2 unspecified atom stereocenters. The van der Waals surface area contributed by atoms with E-state index in [1.54, 1.807) is 4.68 Å². The second-order valence-corrected chi connectivity index (χ2v) is 5.46. The van der Waals surface area contributed by atoms with Gasteiger partial charge in [0.15, 0.2) is 0 Å². The lowest BCUT2D eigenvalue weighted by Crippen LogP contribution is -2.42. The molecule has 1 aromatic rings. The maximum Gasteiger partial charge on any atom is 0.326 e. The zero-order chi connectivity index (χ0) is 15.0. The Morgan fingerprint density at radius 1 is 1.40 bits per heavy atom. The van der Waals surface area contributed by atoms with Gasteiger partial charge in [-0.25, -0.2) is 4.79 Å². The van der Waals surface area contributed by atoms with Gasteiger partial charge in [-0.05, 0) is 33.6 Å². The van der Waals surface area contributed by atoms with E-state index in [2.05, 4.69) is 5.10 Å². The Morgan fingerprint density at radius 2 is 2.05 bits per heavy atom. The maximum atomic E-state index is 12.6. The minimum atomic E-state index is -0.914. The molecule has 1 saturated heterocycles. The Hall–Kier alpha value is -1.85. The minimum Gasteiger partial charge on any atom is -0.480 e. The number of aromatic nitrogens is 2. The Bertz CT molecular complexity index is 550. The summed E-state index contributed by atoms with van der Waals surface area (Å²) in [6.07, 6.45) is 1.29. The Kier molecular flexibility index (Phi) is 3.83. The van der Waals surface area contributed by atoms with Crippen molar-refractivity contribution in [2.24, 2.45) is 7.05 Å². The van der Waals surface area contributed by atoms with Crippen molar-refractivity contribution in [1.82, 2.24) is 14.7 Å². The molecule has 0 radical (unpaired) electrons. The molecule has 2 rings (SSSR count). The first-order valence-corrected chi connectivity index (χ1v) is 6.88. The summed E-state index contributed by atoms with van der Waals surface area (Å²) in [6.45, 7) is 6.16. The summed E-state index contributed by atoms with van der Waals surface area (Å²) in [4.78, 5) is 25.3. The molecule has 1 aliphatic rings. The van der Waals surface area contributed by atoms with Gasteiger partial charge in [0.25, 0.3) is 0 Å². The predicted octanol–water partition coefficient (Wildman–Crippen LogP) is 1.22. The third kappa shape index (κ3) is 2.30. The van der Waals surface area contributed by atoms with E-state index in [0.29, 0.717) is 13.0 Å². The smallest absolute Gasteiger partial charge is 0.326 e. The van der Waals surface area contributed by atoms with Crippen LogP contribution in [0.3, 0.4) is 0 Å². The first-order valence-electron chi connectivity index (χ1n) is 6.88. The number of amides is 1. The molecule has 1 aromatic heterocycles. The topological polar surface area (TPSA) is 75.4 Å². The zero-order valence-electron chi connectivity index (χ0n) is 12.4. The highest BCUT2D eigenvalue weighted by Crippen LogP contribution is 2.28. The number of rotatable bonds is 3. The van der Waals surface area contributed by atoms with Crippen molar-refractivity contribution in [3.05, 3.63) is 17.0 Å². The van der Waals surface area contributed by atoms with E-state index in [-0.39, 0.29) is 11.8 Å². The zero-order valence-corrected chi connectivity index (χ0v) is 12.4. The van der Waals surface area contributed by atoms with Crippen molar-refractivity contribution >= 4 is 11.9 Å². The molecule has 0 bridgehead atoms. The van der Waals surface area contributed by atoms with Gasteiger partial charge in [-0.2, -0.15) is 5.10 Å². The van der Waals surface area contributed by atoms with E-state index in [1.807, 2.05) is 27.8 Å². The molecule has 1 aliphatic heterocycles. The number of hydrogen-bond acceptors (Lipinski definition) is 3. The van der Waals surface area contributed by atoms with E-state index in [4.69, 9.17) is 0 Å². The van der Waals surface area contributed by atoms with Gasteiger partial charge in [0.05, 0.1) is 11.6 Å². The van der Waals surface area contributed by atoms with Crippen molar-refractivity contribution in [3.8, 4) is 0 Å². The molecule has 0 saturated carbocycles. The maximum absolute atomic E-state index is 12.6. The van der Waals surface area contributed by atoms with Crippen LogP contribution in [0.4, 0.5) is 0 Å². The third-order valence-corrected chi connectivity index (χ3v) is 4.19. The fourth-order valence-electron chi connectivity index (χ4n) is 3.08. The molecule has 1 amide bonds. The fourth-order valence-corrected chi connectivity index (χ4v) is 3.08. The number of hydrogen-bond donors (Lipinski definition) is 1. The lowest BCUT2D eigenvalue weighted by atomic mass is 9.97. The summed E-state index contributed by atoms with van der Waals surface area (Å²) in [5.74, 6) is -1.39. The summed E-state index contributed by atoms with van der Waals surface area (Å²) in [5.41, 5.74) is 2.69. The van der Waals surface area contributed by atoms with Crippen molar-refractivity contribution in [2.45, 2.75) is 45.6 Å². The van der Waals surface area contributed by atoms with E-state index < -0.39 is 12.0 Å². The van der Waals surface area contributed by atoms with Crippen LogP contribution in [0.15, 0.2) is 0 Å². The molecule has 1 N–H and O–H groups in total. The minimum absolute atomic E-state index is 0.117. The van der Waals surface area contributed by atoms with Gasteiger partial charge in [-0.1, -0.05) is 0 Å². The molecule has 0 aromatic carbocycles. The highest BCUT2D eigenvalue weighted by molar-refractivity contribution is 5.88. The average Bonchev–Trinajstić information content (AvgIpc) is 2.94. The van der Waals surface area contributed by atoms with Gasteiger partial charge in [0.2, 0.25) is 5.91 Å². The highest BCUT2D eigenvalue weighted by atomic mass is 16.4. The van der Waals surface area contributed by atoms with Gasteiger partial charge in [-0.3, -0.25) is 9.48 Å². The Balaban J connectivity index is 2.27. The van der Waals surface area contributed by atoms with E-state index >= 15 is 0 Å². The average molecular weight is 279 g/mol. The SMILES string of the molecule is Cc1nn(C)c(C)c1C(C)C(=O)N1CCCC1C(=O)O. The van der Waals surface area contributed by atoms with E-state index in [1.165, 1.54) is 4.90 Å². The van der Waals surface area contributed by atoms with Gasteiger partial charge in [0, 0.05) is 24.8 Å². The second-order valence-electron chi connectivity index (χ2n) is 5.46. The van der Waals surface area contributed by atoms with E-state index in [9.17, 15) is 14.7 Å². The van der Waals surface area contributed by atoms with Gasteiger partial charge >= 0.3 is 5.97 Å². The number of nitrogens with zero attached hydrogens (tertiary/aromatic N) is 3. The molecule has 110 valence electrons. The van der Waals surface area contributed by atoms with Crippen LogP contribution in [0, 0.1) is 13.8 Å². The molecular weight excluding hydrogens is 258 g/mol.